The predicted octanol–water partition coefficient (Wildman–Crippen LogP) is 6.87. The second-order valence-corrected chi connectivity index (χ2v) is 9.63. The molecule has 0 aliphatic rings. The van der Waals surface area contributed by atoms with Crippen molar-refractivity contribution < 1.29 is 14.3 Å². The number of rotatable bonds is 16. The van der Waals surface area contributed by atoms with E-state index in [-0.39, 0.29) is 24.7 Å². The summed E-state index contributed by atoms with van der Waals surface area (Å²) in [6, 6.07) is 7.20. The molecule has 0 unspecified atom stereocenters. The van der Waals surface area contributed by atoms with Crippen LogP contribution in [0.2, 0.25) is 5.02 Å². The van der Waals surface area contributed by atoms with Crippen molar-refractivity contribution in [3.05, 3.63) is 35.0 Å². The van der Waals surface area contributed by atoms with Crippen molar-refractivity contribution in [2.45, 2.75) is 90.9 Å². The summed E-state index contributed by atoms with van der Waals surface area (Å²) >= 11 is 6.22. The molecule has 8 nitrogen and oxygen atoms in total. The maximum atomic E-state index is 12.2. The minimum absolute atomic E-state index is 0.0759. The first-order valence-electron chi connectivity index (χ1n) is 13.1. The zero-order chi connectivity index (χ0) is 25.8. The van der Waals surface area contributed by atoms with Gasteiger partial charge in [-0.25, -0.2) is 4.98 Å². The number of unbranched alkanes of at least 4 members (excludes halogenated alkanes) is 9. The first kappa shape index (κ1) is 27.7. The number of amides is 1. The number of aryl methyl sites for hydroxylation is 1. The zero-order valence-electron chi connectivity index (χ0n) is 21.4. The number of nitrogens with zero attached hydrogens (tertiary/aromatic N) is 3. The fraction of sp³-hybridized carbons (Fsp3) is 0.556. The summed E-state index contributed by atoms with van der Waals surface area (Å²) in [6.45, 7) is 4.52. The smallest absolute Gasteiger partial charge is 0.306 e. The molecule has 0 bridgehead atoms. The molecule has 0 aliphatic carbocycles. The molecule has 2 aromatic heterocycles. The number of hydrogen-bond acceptors (Lipinski definition) is 5. The number of esters is 1. The van der Waals surface area contributed by atoms with E-state index in [1.54, 1.807) is 12.1 Å². The maximum Gasteiger partial charge on any atom is 0.306 e. The third kappa shape index (κ3) is 8.66. The van der Waals surface area contributed by atoms with E-state index in [0.717, 1.165) is 24.1 Å². The van der Waals surface area contributed by atoms with E-state index in [4.69, 9.17) is 16.3 Å². The average Bonchev–Trinajstić information content (AvgIpc) is 3.40. The second kappa shape index (κ2) is 14.6. The second-order valence-electron chi connectivity index (χ2n) is 9.25. The third-order valence-corrected chi connectivity index (χ3v) is 6.60. The zero-order valence-corrected chi connectivity index (χ0v) is 22.2. The van der Waals surface area contributed by atoms with Gasteiger partial charge in [-0.1, -0.05) is 76.3 Å². The summed E-state index contributed by atoms with van der Waals surface area (Å²) in [5, 5.41) is 10.8. The number of ether oxygens (including phenoxy) is 1. The number of H-pyrrole nitrogens is 1. The molecule has 9 heteroatoms. The summed E-state index contributed by atoms with van der Waals surface area (Å²) in [5.74, 6) is -0.0209. The van der Waals surface area contributed by atoms with Crippen molar-refractivity contribution in [1.29, 1.82) is 0 Å². The van der Waals surface area contributed by atoms with E-state index in [1.165, 1.54) is 56.0 Å². The van der Waals surface area contributed by atoms with Gasteiger partial charge < -0.3 is 10.1 Å². The molecule has 3 aromatic rings. The minimum atomic E-state index is -0.327. The molecule has 0 radical (unpaired) electrons. The Balaban J connectivity index is 1.27. The van der Waals surface area contributed by atoms with Crippen LogP contribution < -0.4 is 5.32 Å². The van der Waals surface area contributed by atoms with Crippen LogP contribution in [0.3, 0.4) is 0 Å². The molecular weight excluding hydrogens is 478 g/mol. The van der Waals surface area contributed by atoms with Gasteiger partial charge in [0.25, 0.3) is 0 Å². The average molecular weight is 516 g/mol. The number of aromatic nitrogens is 4. The highest BCUT2D eigenvalue weighted by atomic mass is 35.5. The van der Waals surface area contributed by atoms with Crippen LogP contribution in [-0.4, -0.2) is 38.3 Å². The van der Waals surface area contributed by atoms with E-state index in [9.17, 15) is 9.59 Å². The summed E-state index contributed by atoms with van der Waals surface area (Å²) in [6.07, 6.45) is 12.5. The number of anilines is 1. The molecule has 0 aliphatic heterocycles. The van der Waals surface area contributed by atoms with Crippen LogP contribution in [0, 0.1) is 6.92 Å². The van der Waals surface area contributed by atoms with Gasteiger partial charge in [0, 0.05) is 17.7 Å². The molecule has 0 saturated heterocycles. The Hall–Kier alpha value is -2.87. The Morgan fingerprint density at radius 3 is 2.25 bits per heavy atom. The number of aromatic amines is 1. The largest absolute Gasteiger partial charge is 0.466 e. The van der Waals surface area contributed by atoms with Crippen LogP contribution in [-0.2, 0) is 14.3 Å². The number of carbonyl (C=O) groups excluding carboxylic acids is 2. The minimum Gasteiger partial charge on any atom is -0.466 e. The predicted molar refractivity (Wildman–Crippen MR) is 143 cm³/mol. The van der Waals surface area contributed by atoms with Crippen LogP contribution in [0.5, 0.6) is 0 Å². The van der Waals surface area contributed by atoms with E-state index in [0.29, 0.717) is 28.8 Å². The van der Waals surface area contributed by atoms with Crippen molar-refractivity contribution in [2.24, 2.45) is 0 Å². The van der Waals surface area contributed by atoms with Crippen molar-refractivity contribution in [3.63, 3.8) is 0 Å². The first-order valence-corrected chi connectivity index (χ1v) is 13.5. The van der Waals surface area contributed by atoms with Crippen LogP contribution in [0.1, 0.15) is 89.7 Å². The summed E-state index contributed by atoms with van der Waals surface area (Å²) in [4.78, 5) is 28.6. The molecule has 2 heterocycles. The Morgan fingerprint density at radius 1 is 0.972 bits per heavy atom. The molecule has 1 aromatic carbocycles. The Morgan fingerprint density at radius 2 is 1.61 bits per heavy atom. The van der Waals surface area contributed by atoms with Gasteiger partial charge >= 0.3 is 5.97 Å². The van der Waals surface area contributed by atoms with Crippen LogP contribution in [0.4, 0.5) is 5.69 Å². The highest BCUT2D eigenvalue weighted by Crippen LogP contribution is 2.24. The first-order chi connectivity index (χ1) is 17.5. The van der Waals surface area contributed by atoms with Crippen molar-refractivity contribution in [3.8, 4) is 11.4 Å². The summed E-state index contributed by atoms with van der Waals surface area (Å²) in [5.41, 5.74) is 2.82. The lowest BCUT2D eigenvalue weighted by atomic mass is 10.1. The van der Waals surface area contributed by atoms with Gasteiger partial charge in [-0.05, 0) is 37.6 Å². The third-order valence-electron chi connectivity index (χ3n) is 6.15. The van der Waals surface area contributed by atoms with Gasteiger partial charge in [0.05, 0.1) is 18.7 Å². The van der Waals surface area contributed by atoms with Crippen molar-refractivity contribution in [2.75, 3.05) is 11.9 Å². The van der Waals surface area contributed by atoms with Gasteiger partial charge in [0.1, 0.15) is 5.02 Å². The van der Waals surface area contributed by atoms with E-state index in [1.807, 2.05) is 19.1 Å². The Labute approximate surface area is 218 Å². The SMILES string of the molecule is CCCCCCCCCCCCOC(=O)CCC(=O)Nc1ccc(-c2nc3c(Cl)c(C)[nH]n3n2)cc1. The monoisotopic (exact) mass is 515 g/mol. The lowest BCUT2D eigenvalue weighted by Gasteiger charge is -2.07. The number of hydrogen-bond donors (Lipinski definition) is 2. The Kier molecular flexibility index (Phi) is 11.3. The standard InChI is InChI=1S/C27H38ClN5O3/c1-3-4-5-6-7-8-9-10-11-12-19-36-24(35)18-17-23(34)29-22-15-13-21(14-16-22)26-30-27-25(28)20(2)31-33(27)32-26/h13-16,31H,3-12,17-19H2,1-2H3,(H,29,34). The molecule has 1 amide bonds. The molecule has 3 rings (SSSR count). The van der Waals surface area contributed by atoms with Crippen LogP contribution in [0.25, 0.3) is 17.0 Å². The van der Waals surface area contributed by atoms with Crippen molar-refractivity contribution >= 4 is 34.8 Å². The molecule has 196 valence electrons. The summed E-state index contributed by atoms with van der Waals surface area (Å²) in [7, 11) is 0. The molecule has 0 saturated carbocycles. The highest BCUT2D eigenvalue weighted by Gasteiger charge is 2.14. The van der Waals surface area contributed by atoms with Gasteiger partial charge in [0.2, 0.25) is 5.91 Å². The van der Waals surface area contributed by atoms with Gasteiger partial charge in [-0.3, -0.25) is 14.7 Å². The molecule has 0 fully saturated rings. The van der Waals surface area contributed by atoms with Crippen LogP contribution >= 0.6 is 11.6 Å². The lowest BCUT2D eigenvalue weighted by molar-refractivity contribution is -0.144. The molecule has 2 N–H and O–H groups in total. The lowest BCUT2D eigenvalue weighted by Crippen LogP contribution is -2.14. The van der Waals surface area contributed by atoms with Crippen LogP contribution in [0.15, 0.2) is 24.3 Å². The number of carbonyl (C=O) groups is 2. The van der Waals surface area contributed by atoms with E-state index in [2.05, 4.69) is 27.4 Å². The normalized spacial score (nSPS) is 11.2. The van der Waals surface area contributed by atoms with Gasteiger partial charge in [-0.2, -0.15) is 4.63 Å². The van der Waals surface area contributed by atoms with Gasteiger partial charge in [0.15, 0.2) is 11.5 Å². The number of nitrogens with one attached hydrogen (secondary N) is 2. The number of benzene rings is 1. The molecule has 0 atom stereocenters. The maximum absolute atomic E-state index is 12.2. The fourth-order valence-electron chi connectivity index (χ4n) is 4.02. The molecular formula is C27H38ClN5O3. The fourth-order valence-corrected chi connectivity index (χ4v) is 4.18. The van der Waals surface area contributed by atoms with Crippen molar-refractivity contribution in [1.82, 2.24) is 19.8 Å². The number of fused-ring (bicyclic) bond motifs is 1. The summed E-state index contributed by atoms with van der Waals surface area (Å²) < 4.78 is 6.81. The van der Waals surface area contributed by atoms with E-state index < -0.39 is 0 Å². The topological polar surface area (TPSA) is 101 Å². The number of halogens is 1. The Bertz CT molecular complexity index is 1110. The van der Waals surface area contributed by atoms with Gasteiger partial charge in [-0.15, -0.1) is 5.10 Å². The highest BCUT2D eigenvalue weighted by molar-refractivity contribution is 6.34. The molecule has 36 heavy (non-hydrogen) atoms. The molecule has 0 spiro atoms. The quantitative estimate of drug-likeness (QED) is 0.160. The van der Waals surface area contributed by atoms with E-state index >= 15 is 0 Å².